The van der Waals surface area contributed by atoms with Crippen LogP contribution >= 0.6 is 11.3 Å². The number of benzene rings is 2. The standard InChI is InChI=1S/C24H24N4O3S/c1-3-17-6-4-5-7-20(17)28-15-18(14-22(28)30)23-26-27-24(32-23)25-21(29)13-10-16-8-11-19(31-2)12-9-16/h4-13,18H,3,14-15H2,1-2H3,(H,25,27,29)/b13-10+. The van der Waals surface area contributed by atoms with Gasteiger partial charge < -0.3 is 9.64 Å². The summed E-state index contributed by atoms with van der Waals surface area (Å²) in [6.07, 6.45) is 4.42. The average Bonchev–Trinajstić information content (AvgIpc) is 3.44. The van der Waals surface area contributed by atoms with Crippen molar-refractivity contribution >= 4 is 40.0 Å². The summed E-state index contributed by atoms with van der Waals surface area (Å²) in [6.45, 7) is 2.65. The zero-order valence-electron chi connectivity index (χ0n) is 17.9. The summed E-state index contributed by atoms with van der Waals surface area (Å²) in [5.41, 5.74) is 3.00. The van der Waals surface area contributed by atoms with Crippen LogP contribution in [0.5, 0.6) is 5.75 Å². The third kappa shape index (κ3) is 4.86. The third-order valence-corrected chi connectivity index (χ3v) is 6.35. The minimum absolute atomic E-state index is 0.0367. The Morgan fingerprint density at radius 3 is 2.75 bits per heavy atom. The first-order valence-electron chi connectivity index (χ1n) is 10.4. The Bertz CT molecular complexity index is 1140. The number of anilines is 2. The van der Waals surface area contributed by atoms with Crippen molar-refractivity contribution in [3.05, 3.63) is 70.7 Å². The van der Waals surface area contributed by atoms with Crippen LogP contribution in [-0.4, -0.2) is 35.7 Å². The molecule has 0 spiro atoms. The van der Waals surface area contributed by atoms with Crippen molar-refractivity contribution in [1.82, 2.24) is 10.2 Å². The molecule has 8 heteroatoms. The van der Waals surface area contributed by atoms with E-state index in [1.54, 1.807) is 13.2 Å². The molecule has 1 N–H and O–H groups in total. The number of methoxy groups -OCH3 is 1. The fraction of sp³-hybridized carbons (Fsp3) is 0.250. The molecule has 1 aromatic heterocycles. The molecule has 1 atom stereocenters. The Balaban J connectivity index is 1.38. The van der Waals surface area contributed by atoms with Crippen LogP contribution in [0.25, 0.3) is 6.08 Å². The van der Waals surface area contributed by atoms with Crippen molar-refractivity contribution in [3.8, 4) is 5.75 Å². The summed E-state index contributed by atoms with van der Waals surface area (Å²) in [5, 5.41) is 12.2. The average molecular weight is 449 g/mol. The van der Waals surface area contributed by atoms with Crippen LogP contribution in [0.2, 0.25) is 0 Å². The van der Waals surface area contributed by atoms with E-state index in [4.69, 9.17) is 4.74 Å². The minimum atomic E-state index is -0.287. The number of nitrogens with zero attached hydrogens (tertiary/aromatic N) is 3. The van der Waals surface area contributed by atoms with Crippen molar-refractivity contribution in [2.24, 2.45) is 0 Å². The minimum Gasteiger partial charge on any atom is -0.497 e. The number of aryl methyl sites for hydroxylation is 1. The molecule has 1 unspecified atom stereocenters. The Hall–Kier alpha value is -3.52. The maximum atomic E-state index is 12.7. The molecule has 1 aliphatic heterocycles. The predicted molar refractivity (Wildman–Crippen MR) is 126 cm³/mol. The number of hydrogen-bond acceptors (Lipinski definition) is 6. The van der Waals surface area contributed by atoms with Crippen LogP contribution in [0.1, 0.15) is 35.4 Å². The Morgan fingerprint density at radius 2 is 2.00 bits per heavy atom. The second kappa shape index (κ2) is 9.74. The van der Waals surface area contributed by atoms with Crippen LogP contribution < -0.4 is 15.0 Å². The molecule has 0 aliphatic carbocycles. The van der Waals surface area contributed by atoms with Crippen molar-refractivity contribution in [3.63, 3.8) is 0 Å². The van der Waals surface area contributed by atoms with Gasteiger partial charge >= 0.3 is 0 Å². The molecule has 1 fully saturated rings. The lowest BCUT2D eigenvalue weighted by atomic mass is 10.1. The molecule has 7 nitrogen and oxygen atoms in total. The first-order chi connectivity index (χ1) is 15.6. The molecule has 0 saturated carbocycles. The molecule has 0 bridgehead atoms. The summed E-state index contributed by atoms with van der Waals surface area (Å²) >= 11 is 1.31. The Morgan fingerprint density at radius 1 is 1.22 bits per heavy atom. The van der Waals surface area contributed by atoms with E-state index in [1.807, 2.05) is 53.4 Å². The van der Waals surface area contributed by atoms with Crippen LogP contribution in [0.15, 0.2) is 54.6 Å². The third-order valence-electron chi connectivity index (χ3n) is 5.35. The quantitative estimate of drug-likeness (QED) is 0.546. The SMILES string of the molecule is CCc1ccccc1N1CC(c2nnc(NC(=O)/C=C/c3ccc(OC)cc3)s2)CC1=O. The number of para-hydroxylation sites is 1. The highest BCUT2D eigenvalue weighted by atomic mass is 32.1. The van der Waals surface area contributed by atoms with Gasteiger partial charge in [-0.1, -0.05) is 48.6 Å². The molecule has 1 saturated heterocycles. The molecule has 2 aromatic carbocycles. The number of ether oxygens (including phenoxy) is 1. The van der Waals surface area contributed by atoms with Gasteiger partial charge in [-0.15, -0.1) is 10.2 Å². The van der Waals surface area contributed by atoms with E-state index in [0.29, 0.717) is 18.1 Å². The molecule has 1 aliphatic rings. The zero-order valence-corrected chi connectivity index (χ0v) is 18.8. The van der Waals surface area contributed by atoms with E-state index in [2.05, 4.69) is 22.4 Å². The number of hydrogen-bond donors (Lipinski definition) is 1. The number of nitrogens with one attached hydrogen (secondary N) is 1. The Labute approximate surface area is 190 Å². The van der Waals surface area contributed by atoms with Gasteiger partial charge in [-0.25, -0.2) is 0 Å². The predicted octanol–water partition coefficient (Wildman–Crippen LogP) is 4.28. The van der Waals surface area contributed by atoms with Crippen molar-refractivity contribution < 1.29 is 14.3 Å². The maximum Gasteiger partial charge on any atom is 0.250 e. The number of carbonyl (C=O) groups excluding carboxylic acids is 2. The molecule has 4 rings (SSSR count). The van der Waals surface area contributed by atoms with E-state index < -0.39 is 0 Å². The highest BCUT2D eigenvalue weighted by Gasteiger charge is 2.34. The summed E-state index contributed by atoms with van der Waals surface area (Å²) in [6, 6.07) is 15.4. The van der Waals surface area contributed by atoms with Crippen LogP contribution in [0, 0.1) is 0 Å². The molecular formula is C24H24N4O3S. The summed E-state index contributed by atoms with van der Waals surface area (Å²) in [5.74, 6) is 0.518. The topological polar surface area (TPSA) is 84.4 Å². The van der Waals surface area contributed by atoms with Gasteiger partial charge in [-0.05, 0) is 41.8 Å². The smallest absolute Gasteiger partial charge is 0.250 e. The Kier molecular flexibility index (Phi) is 6.61. The fourth-order valence-electron chi connectivity index (χ4n) is 3.66. The highest BCUT2D eigenvalue weighted by Crippen LogP contribution is 2.35. The van der Waals surface area contributed by atoms with Gasteiger partial charge in [-0.2, -0.15) is 0 Å². The first-order valence-corrected chi connectivity index (χ1v) is 11.2. The number of aromatic nitrogens is 2. The van der Waals surface area contributed by atoms with Crippen LogP contribution in [-0.2, 0) is 16.0 Å². The van der Waals surface area contributed by atoms with E-state index in [9.17, 15) is 9.59 Å². The van der Waals surface area contributed by atoms with Crippen molar-refractivity contribution in [2.45, 2.75) is 25.7 Å². The molecule has 164 valence electrons. The second-order valence-corrected chi connectivity index (χ2v) is 8.44. The van der Waals surface area contributed by atoms with E-state index in [0.717, 1.165) is 34.0 Å². The highest BCUT2D eigenvalue weighted by molar-refractivity contribution is 7.15. The monoisotopic (exact) mass is 448 g/mol. The number of amides is 2. The molecule has 0 radical (unpaired) electrons. The molecule has 2 amide bonds. The molecule has 32 heavy (non-hydrogen) atoms. The lowest BCUT2D eigenvalue weighted by Crippen LogP contribution is -2.25. The second-order valence-electron chi connectivity index (χ2n) is 7.43. The normalized spacial score (nSPS) is 16.0. The van der Waals surface area contributed by atoms with Gasteiger partial charge in [0.25, 0.3) is 0 Å². The molecular weight excluding hydrogens is 424 g/mol. The van der Waals surface area contributed by atoms with Gasteiger partial charge in [0.15, 0.2) is 0 Å². The number of rotatable bonds is 7. The van der Waals surface area contributed by atoms with Gasteiger partial charge in [0.2, 0.25) is 16.9 Å². The zero-order chi connectivity index (χ0) is 22.5. The fourth-order valence-corrected chi connectivity index (χ4v) is 4.50. The largest absolute Gasteiger partial charge is 0.497 e. The van der Waals surface area contributed by atoms with E-state index in [-0.39, 0.29) is 17.7 Å². The van der Waals surface area contributed by atoms with Gasteiger partial charge in [0.1, 0.15) is 10.8 Å². The summed E-state index contributed by atoms with van der Waals surface area (Å²) in [7, 11) is 1.61. The van der Waals surface area contributed by atoms with Crippen molar-refractivity contribution in [1.29, 1.82) is 0 Å². The van der Waals surface area contributed by atoms with Gasteiger partial charge in [0.05, 0.1) is 7.11 Å². The van der Waals surface area contributed by atoms with Gasteiger partial charge in [-0.3, -0.25) is 14.9 Å². The van der Waals surface area contributed by atoms with Crippen molar-refractivity contribution in [2.75, 3.05) is 23.9 Å². The first kappa shape index (κ1) is 21.7. The summed E-state index contributed by atoms with van der Waals surface area (Å²) < 4.78 is 5.13. The lowest BCUT2D eigenvalue weighted by molar-refractivity contribution is -0.117. The number of carbonyl (C=O) groups is 2. The molecule has 3 aromatic rings. The van der Waals surface area contributed by atoms with Crippen LogP contribution in [0.4, 0.5) is 10.8 Å². The van der Waals surface area contributed by atoms with Gasteiger partial charge in [0, 0.05) is 30.6 Å². The maximum absolute atomic E-state index is 12.7. The van der Waals surface area contributed by atoms with E-state index in [1.165, 1.54) is 17.4 Å². The summed E-state index contributed by atoms with van der Waals surface area (Å²) in [4.78, 5) is 26.8. The van der Waals surface area contributed by atoms with Crippen LogP contribution in [0.3, 0.4) is 0 Å². The lowest BCUT2D eigenvalue weighted by Gasteiger charge is -2.19. The molecule has 2 heterocycles. The van der Waals surface area contributed by atoms with E-state index >= 15 is 0 Å².